The van der Waals surface area contributed by atoms with Crippen LogP contribution >= 0.6 is 0 Å². The van der Waals surface area contributed by atoms with Gasteiger partial charge in [0.25, 0.3) is 0 Å². The lowest BCUT2D eigenvalue weighted by molar-refractivity contribution is 0.253. The second kappa shape index (κ2) is 7.36. The minimum Gasteiger partial charge on any atom is -0.407 e. The standard InChI is InChI=1S/C15H19N3O/c1-2-3-6-12-18-13-7-4-5-9-14(18)19-15-16-10-8-11-17-15/h4-5,7-11,13H,2-3,6,12H2,1H3. The largest absolute Gasteiger partial charge is 0.407 e. The first-order valence-corrected chi connectivity index (χ1v) is 6.67. The maximum absolute atomic E-state index is 5.74. The zero-order valence-corrected chi connectivity index (χ0v) is 11.2. The van der Waals surface area contributed by atoms with Crippen LogP contribution in [0.5, 0.6) is 6.01 Å². The number of unbranched alkanes of at least 4 members (excludes halogenated alkanes) is 2. The van der Waals surface area contributed by atoms with E-state index in [0.29, 0.717) is 6.01 Å². The Kier molecular flexibility index (Phi) is 5.17. The molecule has 2 rings (SSSR count). The smallest absolute Gasteiger partial charge is 0.323 e. The topological polar surface area (TPSA) is 38.2 Å². The van der Waals surface area contributed by atoms with Gasteiger partial charge in [-0.3, -0.25) is 0 Å². The van der Waals surface area contributed by atoms with Crippen LogP contribution in [0.15, 0.2) is 54.8 Å². The average Bonchev–Trinajstić information content (AvgIpc) is 2.66. The van der Waals surface area contributed by atoms with Gasteiger partial charge in [0, 0.05) is 25.1 Å². The summed E-state index contributed by atoms with van der Waals surface area (Å²) in [6.07, 6.45) is 16.8. The second-order valence-electron chi connectivity index (χ2n) is 4.27. The van der Waals surface area contributed by atoms with Gasteiger partial charge < -0.3 is 9.64 Å². The van der Waals surface area contributed by atoms with Gasteiger partial charge in [0.2, 0.25) is 5.88 Å². The van der Waals surface area contributed by atoms with Crippen LogP contribution in [-0.2, 0) is 0 Å². The highest BCUT2D eigenvalue weighted by molar-refractivity contribution is 5.20. The van der Waals surface area contributed by atoms with Gasteiger partial charge in [0.05, 0.1) is 0 Å². The highest BCUT2D eigenvalue weighted by Crippen LogP contribution is 2.14. The minimum atomic E-state index is 0.373. The first kappa shape index (κ1) is 13.3. The van der Waals surface area contributed by atoms with Crippen LogP contribution in [0.1, 0.15) is 26.2 Å². The van der Waals surface area contributed by atoms with E-state index in [-0.39, 0.29) is 0 Å². The summed E-state index contributed by atoms with van der Waals surface area (Å²) in [4.78, 5) is 10.3. The molecule has 0 saturated heterocycles. The molecule has 0 aromatic carbocycles. The summed E-state index contributed by atoms with van der Waals surface area (Å²) in [5.74, 6) is 0.757. The highest BCUT2D eigenvalue weighted by atomic mass is 16.5. The minimum absolute atomic E-state index is 0.373. The van der Waals surface area contributed by atoms with Gasteiger partial charge in [-0.2, -0.15) is 0 Å². The SMILES string of the molecule is CCCCCN1C=CC=CC=C1Oc1ncccn1. The van der Waals surface area contributed by atoms with E-state index in [1.54, 1.807) is 18.5 Å². The Morgan fingerprint density at radius 1 is 1.11 bits per heavy atom. The zero-order valence-electron chi connectivity index (χ0n) is 11.2. The molecule has 0 fully saturated rings. The van der Waals surface area contributed by atoms with Crippen LogP contribution in [0, 0.1) is 0 Å². The van der Waals surface area contributed by atoms with Crippen molar-refractivity contribution in [2.75, 3.05) is 6.54 Å². The van der Waals surface area contributed by atoms with Crippen LogP contribution in [0.4, 0.5) is 0 Å². The Balaban J connectivity index is 2.03. The van der Waals surface area contributed by atoms with Crippen LogP contribution < -0.4 is 4.74 Å². The fourth-order valence-corrected chi connectivity index (χ4v) is 1.77. The molecule has 4 nitrogen and oxygen atoms in total. The first-order valence-electron chi connectivity index (χ1n) is 6.67. The predicted molar refractivity (Wildman–Crippen MR) is 75.3 cm³/mol. The van der Waals surface area contributed by atoms with Gasteiger partial charge in [0.1, 0.15) is 0 Å². The molecule has 0 saturated carbocycles. The van der Waals surface area contributed by atoms with E-state index in [9.17, 15) is 0 Å². The maximum Gasteiger partial charge on any atom is 0.323 e. The average molecular weight is 257 g/mol. The lowest BCUT2D eigenvalue weighted by Crippen LogP contribution is -2.22. The van der Waals surface area contributed by atoms with Crippen molar-refractivity contribution in [2.45, 2.75) is 26.2 Å². The summed E-state index contributed by atoms with van der Waals surface area (Å²) in [5.41, 5.74) is 0. The van der Waals surface area contributed by atoms with Crippen molar-refractivity contribution >= 4 is 0 Å². The molecule has 1 aliphatic heterocycles. The lowest BCUT2D eigenvalue weighted by Gasteiger charge is -2.21. The molecule has 100 valence electrons. The molecule has 0 atom stereocenters. The van der Waals surface area contributed by atoms with E-state index in [0.717, 1.165) is 18.8 Å². The van der Waals surface area contributed by atoms with Crippen LogP contribution in [0.3, 0.4) is 0 Å². The fraction of sp³-hybridized carbons (Fsp3) is 0.333. The number of aromatic nitrogens is 2. The molecule has 0 spiro atoms. The van der Waals surface area contributed by atoms with Crippen LogP contribution in [0.2, 0.25) is 0 Å². The molecule has 1 aromatic rings. The summed E-state index contributed by atoms with van der Waals surface area (Å²) < 4.78 is 5.74. The third kappa shape index (κ3) is 4.25. The highest BCUT2D eigenvalue weighted by Gasteiger charge is 2.10. The van der Waals surface area contributed by atoms with Crippen molar-refractivity contribution in [1.29, 1.82) is 0 Å². The fourth-order valence-electron chi connectivity index (χ4n) is 1.77. The monoisotopic (exact) mass is 257 g/mol. The Bertz CT molecular complexity index is 466. The lowest BCUT2D eigenvalue weighted by atomic mass is 10.2. The molecule has 0 aliphatic carbocycles. The zero-order chi connectivity index (χ0) is 13.3. The number of nitrogens with zero attached hydrogens (tertiary/aromatic N) is 3. The maximum atomic E-state index is 5.74. The van der Waals surface area contributed by atoms with E-state index < -0.39 is 0 Å². The Hall–Kier alpha value is -2.10. The number of allylic oxidation sites excluding steroid dienone is 4. The van der Waals surface area contributed by atoms with Gasteiger partial charge in [0.15, 0.2) is 0 Å². The molecule has 4 heteroatoms. The number of rotatable bonds is 6. The first-order chi connectivity index (χ1) is 9.40. The van der Waals surface area contributed by atoms with Crippen molar-refractivity contribution in [3.05, 3.63) is 54.8 Å². The van der Waals surface area contributed by atoms with Gasteiger partial charge in [-0.1, -0.05) is 31.9 Å². The predicted octanol–water partition coefficient (Wildman–Crippen LogP) is 3.27. The molecule has 19 heavy (non-hydrogen) atoms. The van der Waals surface area contributed by atoms with Crippen LogP contribution in [-0.4, -0.2) is 21.4 Å². The number of hydrogen-bond acceptors (Lipinski definition) is 4. The van der Waals surface area contributed by atoms with Crippen molar-refractivity contribution in [3.8, 4) is 6.01 Å². The Morgan fingerprint density at radius 2 is 1.95 bits per heavy atom. The molecular formula is C15H19N3O. The molecular weight excluding hydrogens is 238 g/mol. The summed E-state index contributed by atoms with van der Waals surface area (Å²) in [5, 5.41) is 0. The Morgan fingerprint density at radius 3 is 2.74 bits per heavy atom. The van der Waals surface area contributed by atoms with Crippen molar-refractivity contribution in [2.24, 2.45) is 0 Å². The van der Waals surface area contributed by atoms with Gasteiger partial charge >= 0.3 is 6.01 Å². The normalized spacial score (nSPS) is 14.2. The third-order valence-electron chi connectivity index (χ3n) is 2.75. The van der Waals surface area contributed by atoms with E-state index >= 15 is 0 Å². The summed E-state index contributed by atoms with van der Waals surface area (Å²) in [6, 6.07) is 2.14. The third-order valence-corrected chi connectivity index (χ3v) is 2.75. The van der Waals surface area contributed by atoms with Crippen LogP contribution in [0.25, 0.3) is 0 Å². The molecule has 0 N–H and O–H groups in total. The Labute approximate surface area is 114 Å². The summed E-state index contributed by atoms with van der Waals surface area (Å²) in [6.45, 7) is 3.13. The van der Waals surface area contributed by atoms with Crippen molar-refractivity contribution in [3.63, 3.8) is 0 Å². The molecule has 0 radical (unpaired) electrons. The van der Waals surface area contributed by atoms with E-state index in [1.165, 1.54) is 12.8 Å². The molecule has 0 amide bonds. The van der Waals surface area contributed by atoms with Gasteiger partial charge in [-0.25, -0.2) is 9.97 Å². The quantitative estimate of drug-likeness (QED) is 0.733. The molecule has 2 heterocycles. The second-order valence-corrected chi connectivity index (χ2v) is 4.27. The van der Waals surface area contributed by atoms with E-state index in [2.05, 4.69) is 21.8 Å². The van der Waals surface area contributed by atoms with Gasteiger partial charge in [-0.15, -0.1) is 0 Å². The summed E-state index contributed by atoms with van der Waals surface area (Å²) in [7, 11) is 0. The van der Waals surface area contributed by atoms with Gasteiger partial charge in [-0.05, 0) is 24.6 Å². The number of hydrogen-bond donors (Lipinski definition) is 0. The van der Waals surface area contributed by atoms with E-state index in [1.807, 2.05) is 30.5 Å². The molecule has 1 aliphatic rings. The summed E-state index contributed by atoms with van der Waals surface area (Å²) >= 11 is 0. The van der Waals surface area contributed by atoms with Crippen molar-refractivity contribution in [1.82, 2.24) is 14.9 Å². The number of ether oxygens (including phenoxy) is 1. The molecule has 0 bridgehead atoms. The molecule has 1 aromatic heterocycles. The van der Waals surface area contributed by atoms with Crippen molar-refractivity contribution < 1.29 is 4.74 Å². The van der Waals surface area contributed by atoms with E-state index in [4.69, 9.17) is 4.74 Å². The molecule has 0 unspecified atom stereocenters.